The van der Waals surface area contributed by atoms with Crippen molar-refractivity contribution in [3.63, 3.8) is 0 Å². The van der Waals surface area contributed by atoms with Gasteiger partial charge < -0.3 is 10.6 Å². The van der Waals surface area contributed by atoms with Crippen LogP contribution in [-0.4, -0.2) is 42.5 Å². The quantitative estimate of drug-likeness (QED) is 0.807. The number of nitrogens with two attached hydrogens (primary N) is 1. The van der Waals surface area contributed by atoms with Crippen molar-refractivity contribution in [2.75, 3.05) is 28.7 Å². The third-order valence-electron chi connectivity index (χ3n) is 2.69. The molecule has 1 atom stereocenters. The third-order valence-corrected chi connectivity index (χ3v) is 5.04. The van der Waals surface area contributed by atoms with Crippen LogP contribution in [0, 0.1) is 0 Å². The zero-order valence-corrected chi connectivity index (χ0v) is 11.7. The fraction of sp³-hybridized carbons (Fsp3) is 0.556. The molecule has 1 aromatic rings. The molecule has 1 aliphatic rings. The lowest BCUT2D eigenvalue weighted by atomic mass is 10.3. The normalized spacial score (nSPS) is 23.6. The minimum absolute atomic E-state index is 0.112. The molecular formula is C9H13BrN4O2S. The topological polar surface area (TPSA) is 89.2 Å². The minimum atomic E-state index is -2.93. The van der Waals surface area contributed by atoms with E-state index in [2.05, 4.69) is 25.9 Å². The summed E-state index contributed by atoms with van der Waals surface area (Å²) in [6, 6.07) is -0.112. The Morgan fingerprint density at radius 3 is 2.94 bits per heavy atom. The molecule has 1 fully saturated rings. The maximum atomic E-state index is 11.5. The van der Waals surface area contributed by atoms with E-state index in [1.807, 2.05) is 11.8 Å². The van der Waals surface area contributed by atoms with Crippen LogP contribution in [0.1, 0.15) is 6.92 Å². The van der Waals surface area contributed by atoms with E-state index in [1.165, 1.54) is 0 Å². The maximum absolute atomic E-state index is 11.5. The molecule has 6 nitrogen and oxygen atoms in total. The average Bonchev–Trinajstić information content (AvgIpc) is 2.21. The van der Waals surface area contributed by atoms with Gasteiger partial charge in [-0.05, 0) is 22.9 Å². The highest BCUT2D eigenvalue weighted by Gasteiger charge is 2.30. The molecule has 2 heterocycles. The largest absolute Gasteiger partial charge is 0.368 e. The molecule has 0 saturated carbocycles. The summed E-state index contributed by atoms with van der Waals surface area (Å²) in [6.45, 7) is 2.29. The highest BCUT2D eigenvalue weighted by molar-refractivity contribution is 9.10. The second-order valence-corrected chi connectivity index (χ2v) is 7.14. The van der Waals surface area contributed by atoms with Gasteiger partial charge >= 0.3 is 0 Å². The number of sulfone groups is 1. The summed E-state index contributed by atoms with van der Waals surface area (Å²) < 4.78 is 23.7. The molecule has 0 aliphatic carbocycles. The van der Waals surface area contributed by atoms with Gasteiger partial charge in [0.15, 0.2) is 9.84 Å². The lowest BCUT2D eigenvalue weighted by molar-refractivity contribution is 0.566. The zero-order chi connectivity index (χ0) is 12.6. The summed E-state index contributed by atoms with van der Waals surface area (Å²) in [7, 11) is -2.93. The van der Waals surface area contributed by atoms with Gasteiger partial charge in [-0.3, -0.25) is 0 Å². The highest BCUT2D eigenvalue weighted by atomic mass is 79.9. The first kappa shape index (κ1) is 12.6. The molecule has 2 rings (SSSR count). The van der Waals surface area contributed by atoms with Crippen molar-refractivity contribution in [3.8, 4) is 0 Å². The van der Waals surface area contributed by atoms with Crippen LogP contribution >= 0.6 is 15.9 Å². The fourth-order valence-electron chi connectivity index (χ4n) is 1.89. The smallest absolute Gasteiger partial charge is 0.222 e. The predicted octanol–water partition coefficient (Wildman–Crippen LogP) is 0.445. The standard InChI is InChI=1S/C9H13BrN4O2S/c1-6-5-17(15,16)3-2-14(6)8-7(10)4-12-9(11)13-8/h4,6H,2-3,5H2,1H3,(H2,11,12,13). The molecule has 1 aromatic heterocycles. The lowest BCUT2D eigenvalue weighted by Crippen LogP contribution is -2.47. The number of aromatic nitrogens is 2. The molecule has 1 unspecified atom stereocenters. The number of anilines is 2. The second-order valence-electron chi connectivity index (χ2n) is 4.06. The second kappa shape index (κ2) is 4.41. The van der Waals surface area contributed by atoms with E-state index in [1.54, 1.807) is 6.20 Å². The molecule has 1 aliphatic heterocycles. The molecule has 1 saturated heterocycles. The van der Waals surface area contributed by atoms with E-state index in [-0.39, 0.29) is 23.5 Å². The Morgan fingerprint density at radius 1 is 1.59 bits per heavy atom. The minimum Gasteiger partial charge on any atom is -0.368 e. The van der Waals surface area contributed by atoms with Gasteiger partial charge in [-0.1, -0.05) is 0 Å². The number of hydrogen-bond acceptors (Lipinski definition) is 6. The van der Waals surface area contributed by atoms with E-state index < -0.39 is 9.84 Å². The number of nitrogens with zero attached hydrogens (tertiary/aromatic N) is 3. The Labute approximate surface area is 108 Å². The van der Waals surface area contributed by atoms with Gasteiger partial charge in [0, 0.05) is 18.8 Å². The Balaban J connectivity index is 2.32. The first-order valence-corrected chi connectivity index (χ1v) is 7.75. The summed E-state index contributed by atoms with van der Waals surface area (Å²) in [5.74, 6) is 1.13. The predicted molar refractivity (Wildman–Crippen MR) is 69.6 cm³/mol. The van der Waals surface area contributed by atoms with Gasteiger partial charge in [-0.2, -0.15) is 4.98 Å². The monoisotopic (exact) mass is 320 g/mol. The van der Waals surface area contributed by atoms with Crippen molar-refractivity contribution >= 4 is 37.5 Å². The molecule has 8 heteroatoms. The van der Waals surface area contributed by atoms with Crippen LogP contribution in [-0.2, 0) is 9.84 Å². The number of hydrogen-bond donors (Lipinski definition) is 1. The zero-order valence-electron chi connectivity index (χ0n) is 9.30. The molecule has 2 N–H and O–H groups in total. The van der Waals surface area contributed by atoms with Crippen molar-refractivity contribution in [1.82, 2.24) is 9.97 Å². The summed E-state index contributed by atoms with van der Waals surface area (Å²) >= 11 is 3.35. The molecule has 94 valence electrons. The Kier molecular flexibility index (Phi) is 3.26. The van der Waals surface area contributed by atoms with Gasteiger partial charge in [-0.25, -0.2) is 13.4 Å². The van der Waals surface area contributed by atoms with E-state index in [4.69, 9.17) is 5.73 Å². The SMILES string of the molecule is CC1CS(=O)(=O)CCN1c1nc(N)ncc1Br. The van der Waals surface area contributed by atoms with E-state index in [0.29, 0.717) is 12.4 Å². The first-order valence-electron chi connectivity index (χ1n) is 5.14. The van der Waals surface area contributed by atoms with Crippen LogP contribution in [0.4, 0.5) is 11.8 Å². The van der Waals surface area contributed by atoms with Crippen molar-refractivity contribution < 1.29 is 8.42 Å². The van der Waals surface area contributed by atoms with Gasteiger partial charge in [0.25, 0.3) is 0 Å². The molecule has 0 radical (unpaired) electrons. The number of halogens is 1. The van der Waals surface area contributed by atoms with Crippen molar-refractivity contribution in [3.05, 3.63) is 10.7 Å². The molecular weight excluding hydrogens is 308 g/mol. The third kappa shape index (κ3) is 2.68. The van der Waals surface area contributed by atoms with Crippen LogP contribution in [0.25, 0.3) is 0 Å². The van der Waals surface area contributed by atoms with E-state index in [9.17, 15) is 8.42 Å². The van der Waals surface area contributed by atoms with Crippen molar-refractivity contribution in [2.45, 2.75) is 13.0 Å². The van der Waals surface area contributed by atoms with Crippen molar-refractivity contribution in [2.24, 2.45) is 0 Å². The maximum Gasteiger partial charge on any atom is 0.222 e. The van der Waals surface area contributed by atoms with E-state index in [0.717, 1.165) is 4.47 Å². The van der Waals surface area contributed by atoms with E-state index >= 15 is 0 Å². The molecule has 0 bridgehead atoms. The average molecular weight is 321 g/mol. The fourth-order valence-corrected chi connectivity index (χ4v) is 3.86. The molecule has 0 amide bonds. The van der Waals surface area contributed by atoms with Crippen LogP contribution in [0.3, 0.4) is 0 Å². The van der Waals surface area contributed by atoms with Gasteiger partial charge in [0.05, 0.1) is 16.0 Å². The summed E-state index contributed by atoms with van der Waals surface area (Å²) in [6.07, 6.45) is 1.58. The highest BCUT2D eigenvalue weighted by Crippen LogP contribution is 2.27. The first-order chi connectivity index (χ1) is 7.89. The number of rotatable bonds is 1. The van der Waals surface area contributed by atoms with Gasteiger partial charge in [0.1, 0.15) is 5.82 Å². The molecule has 0 spiro atoms. The van der Waals surface area contributed by atoms with Gasteiger partial charge in [0.2, 0.25) is 5.95 Å². The lowest BCUT2D eigenvalue weighted by Gasteiger charge is -2.34. The van der Waals surface area contributed by atoms with Crippen LogP contribution in [0.15, 0.2) is 10.7 Å². The Bertz CT molecular complexity index is 534. The summed E-state index contributed by atoms with van der Waals surface area (Å²) in [4.78, 5) is 9.94. The van der Waals surface area contributed by atoms with Crippen LogP contribution in [0.5, 0.6) is 0 Å². The molecule has 17 heavy (non-hydrogen) atoms. The van der Waals surface area contributed by atoms with Crippen LogP contribution < -0.4 is 10.6 Å². The Hall–Kier alpha value is -0.890. The van der Waals surface area contributed by atoms with Crippen LogP contribution in [0.2, 0.25) is 0 Å². The Morgan fingerprint density at radius 2 is 2.29 bits per heavy atom. The van der Waals surface area contributed by atoms with Gasteiger partial charge in [-0.15, -0.1) is 0 Å². The molecule has 0 aromatic carbocycles. The number of nitrogen functional groups attached to an aromatic ring is 1. The van der Waals surface area contributed by atoms with Crippen molar-refractivity contribution in [1.29, 1.82) is 0 Å². The summed E-state index contributed by atoms with van der Waals surface area (Å²) in [5, 5.41) is 0. The summed E-state index contributed by atoms with van der Waals surface area (Å²) in [5.41, 5.74) is 5.54.